The highest BCUT2D eigenvalue weighted by Crippen LogP contribution is 2.28. The molecule has 0 aliphatic carbocycles. The zero-order chi connectivity index (χ0) is 18.0. The summed E-state index contributed by atoms with van der Waals surface area (Å²) in [6, 6.07) is 16.3. The number of carbonyl (C=O) groups excluding carboxylic acids is 1. The molecule has 128 valence electrons. The molecule has 0 saturated carbocycles. The summed E-state index contributed by atoms with van der Waals surface area (Å²) in [6.07, 6.45) is 0. The monoisotopic (exact) mass is 391 g/mol. The molecule has 0 bridgehead atoms. The molecular weight excluding hydrogens is 378 g/mol. The van der Waals surface area contributed by atoms with Crippen molar-refractivity contribution in [2.75, 3.05) is 5.32 Å². The molecule has 0 atom stereocenters. The Balaban J connectivity index is 1.82. The largest absolute Gasteiger partial charge is 0.321 e. The highest BCUT2D eigenvalue weighted by atomic mass is 35.5. The fraction of sp³-hybridized carbons (Fsp3) is 0.0556. The van der Waals surface area contributed by atoms with Crippen molar-refractivity contribution >= 4 is 44.4 Å². The van der Waals surface area contributed by atoms with Gasteiger partial charge in [-0.2, -0.15) is 0 Å². The van der Waals surface area contributed by atoms with E-state index in [2.05, 4.69) is 5.32 Å². The summed E-state index contributed by atoms with van der Waals surface area (Å²) in [5.41, 5.74) is 1.57. The number of aryl methyl sites for hydroxylation is 1. The summed E-state index contributed by atoms with van der Waals surface area (Å²) in [4.78, 5) is 12.8. The maximum atomic E-state index is 12.6. The van der Waals surface area contributed by atoms with Gasteiger partial charge in [0, 0.05) is 10.7 Å². The predicted molar refractivity (Wildman–Crippen MR) is 100 cm³/mol. The summed E-state index contributed by atoms with van der Waals surface area (Å²) in [5.74, 6) is -0.363. The Morgan fingerprint density at radius 2 is 1.60 bits per heavy atom. The van der Waals surface area contributed by atoms with Crippen molar-refractivity contribution in [3.05, 3.63) is 76.1 Å². The van der Waals surface area contributed by atoms with E-state index in [1.54, 1.807) is 48.5 Å². The molecule has 0 saturated heterocycles. The van der Waals surface area contributed by atoms with Gasteiger partial charge in [-0.15, -0.1) is 11.3 Å². The third kappa shape index (κ3) is 3.92. The first-order valence-corrected chi connectivity index (χ1v) is 10.0. The van der Waals surface area contributed by atoms with E-state index in [1.165, 1.54) is 12.1 Å². The van der Waals surface area contributed by atoms with Crippen molar-refractivity contribution in [3.8, 4) is 0 Å². The number of rotatable bonds is 4. The third-order valence-electron chi connectivity index (χ3n) is 3.50. The number of anilines is 1. The zero-order valence-corrected chi connectivity index (χ0v) is 15.6. The van der Waals surface area contributed by atoms with Crippen LogP contribution in [-0.2, 0) is 9.84 Å². The Bertz CT molecular complexity index is 1010. The first-order valence-electron chi connectivity index (χ1n) is 7.35. The molecule has 1 aromatic heterocycles. The Morgan fingerprint density at radius 3 is 2.24 bits per heavy atom. The predicted octanol–water partition coefficient (Wildman–Crippen LogP) is 4.80. The Hall–Kier alpha value is -2.15. The van der Waals surface area contributed by atoms with Gasteiger partial charge in [0.2, 0.25) is 9.84 Å². The van der Waals surface area contributed by atoms with E-state index < -0.39 is 9.84 Å². The van der Waals surface area contributed by atoms with E-state index in [0.29, 0.717) is 15.6 Å². The lowest BCUT2D eigenvalue weighted by Crippen LogP contribution is -2.09. The van der Waals surface area contributed by atoms with Crippen LogP contribution in [0, 0.1) is 6.92 Å². The maximum Gasteiger partial charge on any atom is 0.265 e. The van der Waals surface area contributed by atoms with Crippen LogP contribution in [0.1, 0.15) is 15.2 Å². The first kappa shape index (κ1) is 17.7. The molecule has 1 amide bonds. The molecule has 1 heterocycles. The van der Waals surface area contributed by atoms with Crippen molar-refractivity contribution in [2.24, 2.45) is 0 Å². The lowest BCUT2D eigenvalue weighted by molar-refractivity contribution is 0.103. The molecule has 3 rings (SSSR count). The van der Waals surface area contributed by atoms with Crippen molar-refractivity contribution in [1.82, 2.24) is 0 Å². The van der Waals surface area contributed by atoms with Crippen molar-refractivity contribution in [2.45, 2.75) is 16.0 Å². The molecule has 0 spiro atoms. The van der Waals surface area contributed by atoms with Gasteiger partial charge >= 0.3 is 0 Å². The number of carbonyl (C=O) groups is 1. The molecule has 2 aromatic carbocycles. The Kier molecular flexibility index (Phi) is 4.94. The van der Waals surface area contributed by atoms with E-state index in [9.17, 15) is 13.2 Å². The van der Waals surface area contributed by atoms with Gasteiger partial charge in [0.1, 0.15) is 4.21 Å². The molecule has 0 fully saturated rings. The van der Waals surface area contributed by atoms with Crippen LogP contribution in [0.4, 0.5) is 5.69 Å². The van der Waals surface area contributed by atoms with Crippen LogP contribution >= 0.6 is 22.9 Å². The third-order valence-corrected chi connectivity index (χ3v) is 7.10. The van der Waals surface area contributed by atoms with Crippen LogP contribution in [0.3, 0.4) is 0 Å². The van der Waals surface area contributed by atoms with E-state index in [0.717, 1.165) is 16.9 Å². The molecular formula is C18H14ClNO3S2. The molecule has 0 aliphatic rings. The molecule has 7 heteroatoms. The fourth-order valence-electron chi connectivity index (χ4n) is 2.15. The molecule has 25 heavy (non-hydrogen) atoms. The van der Waals surface area contributed by atoms with Gasteiger partial charge in [0.05, 0.1) is 9.77 Å². The standard InChI is InChI=1S/C18H14ClNO3S2/c1-12-2-8-15(9-3-12)25(22,23)17-11-10-16(24-17)18(21)20-14-6-4-13(19)5-7-14/h2-11H,1H3,(H,20,21). The minimum absolute atomic E-state index is 0.137. The molecule has 0 unspecified atom stereocenters. The SMILES string of the molecule is Cc1ccc(S(=O)(=O)c2ccc(C(=O)Nc3ccc(Cl)cc3)s2)cc1. The van der Waals surface area contributed by atoms with Crippen LogP contribution in [0.15, 0.2) is 69.8 Å². The Morgan fingerprint density at radius 1 is 0.960 bits per heavy atom. The lowest BCUT2D eigenvalue weighted by Gasteiger charge is -2.04. The van der Waals surface area contributed by atoms with Crippen molar-refractivity contribution < 1.29 is 13.2 Å². The molecule has 0 aliphatic heterocycles. The quantitative estimate of drug-likeness (QED) is 0.695. The number of hydrogen-bond acceptors (Lipinski definition) is 4. The highest BCUT2D eigenvalue weighted by molar-refractivity contribution is 7.93. The van der Waals surface area contributed by atoms with Gasteiger partial charge < -0.3 is 5.32 Å². The van der Waals surface area contributed by atoms with E-state index >= 15 is 0 Å². The van der Waals surface area contributed by atoms with Gasteiger partial charge in [-0.1, -0.05) is 29.3 Å². The van der Waals surface area contributed by atoms with Gasteiger partial charge in [-0.3, -0.25) is 4.79 Å². The number of hydrogen-bond donors (Lipinski definition) is 1. The van der Waals surface area contributed by atoms with Crippen LogP contribution in [0.2, 0.25) is 5.02 Å². The Labute approximate surface area is 155 Å². The van der Waals surface area contributed by atoms with Gasteiger partial charge in [-0.25, -0.2) is 8.42 Å². The van der Waals surface area contributed by atoms with E-state index in [-0.39, 0.29) is 15.0 Å². The summed E-state index contributed by atoms with van der Waals surface area (Å²) in [5, 5.41) is 3.29. The zero-order valence-electron chi connectivity index (χ0n) is 13.2. The second-order valence-electron chi connectivity index (χ2n) is 5.40. The molecule has 4 nitrogen and oxygen atoms in total. The first-order chi connectivity index (χ1) is 11.9. The molecule has 1 N–H and O–H groups in total. The number of benzene rings is 2. The summed E-state index contributed by atoms with van der Waals surface area (Å²) in [7, 11) is -3.63. The topological polar surface area (TPSA) is 63.2 Å². The number of thiophene rings is 1. The second-order valence-corrected chi connectivity index (χ2v) is 9.09. The molecule has 3 aromatic rings. The number of nitrogens with one attached hydrogen (secondary N) is 1. The lowest BCUT2D eigenvalue weighted by atomic mass is 10.2. The summed E-state index contributed by atoms with van der Waals surface area (Å²) < 4.78 is 25.4. The number of amides is 1. The maximum absolute atomic E-state index is 12.6. The van der Waals surface area contributed by atoms with Crippen molar-refractivity contribution in [1.29, 1.82) is 0 Å². The van der Waals surface area contributed by atoms with E-state index in [1.807, 2.05) is 6.92 Å². The highest BCUT2D eigenvalue weighted by Gasteiger charge is 2.21. The average Bonchev–Trinajstić information content (AvgIpc) is 3.08. The van der Waals surface area contributed by atoms with E-state index in [4.69, 9.17) is 11.6 Å². The summed E-state index contributed by atoms with van der Waals surface area (Å²) >= 11 is 6.75. The summed E-state index contributed by atoms with van der Waals surface area (Å²) in [6.45, 7) is 1.89. The van der Waals surface area contributed by atoms with Crippen LogP contribution in [-0.4, -0.2) is 14.3 Å². The van der Waals surface area contributed by atoms with Gasteiger partial charge in [0.25, 0.3) is 5.91 Å². The van der Waals surface area contributed by atoms with Crippen LogP contribution < -0.4 is 5.32 Å². The molecule has 0 radical (unpaired) electrons. The second kappa shape index (κ2) is 7.00. The van der Waals surface area contributed by atoms with Gasteiger partial charge in [-0.05, 0) is 55.5 Å². The minimum atomic E-state index is -3.63. The number of halogens is 1. The van der Waals surface area contributed by atoms with Crippen LogP contribution in [0.5, 0.6) is 0 Å². The van der Waals surface area contributed by atoms with Crippen molar-refractivity contribution in [3.63, 3.8) is 0 Å². The van der Waals surface area contributed by atoms with Gasteiger partial charge in [0.15, 0.2) is 0 Å². The average molecular weight is 392 g/mol. The minimum Gasteiger partial charge on any atom is -0.321 e. The number of sulfone groups is 1. The normalized spacial score (nSPS) is 11.3. The smallest absolute Gasteiger partial charge is 0.265 e. The fourth-order valence-corrected chi connectivity index (χ4v) is 4.88. The van der Waals surface area contributed by atoms with Crippen LogP contribution in [0.25, 0.3) is 0 Å².